The number of nitrogens with one attached hydrogen (secondary N) is 1. The third-order valence-electron chi connectivity index (χ3n) is 1.99. The number of amides is 1. The molecule has 0 aliphatic rings. The van der Waals surface area contributed by atoms with Crippen LogP contribution in [-0.4, -0.2) is 23.2 Å². The Kier molecular flexibility index (Phi) is 4.37. The summed E-state index contributed by atoms with van der Waals surface area (Å²) in [7, 11) is 0. The van der Waals surface area contributed by atoms with Gasteiger partial charge in [-0.3, -0.25) is 9.59 Å². The van der Waals surface area contributed by atoms with Crippen molar-refractivity contribution in [3.05, 3.63) is 23.8 Å². The maximum Gasteiger partial charge on any atom is 0.307 e. The molecule has 1 aromatic carbocycles. The summed E-state index contributed by atoms with van der Waals surface area (Å²) >= 11 is 1.46. The molecule has 1 rings (SSSR count). The number of benzene rings is 1. The number of carbonyl (C=O) groups is 2. The van der Waals surface area contributed by atoms with E-state index in [2.05, 4.69) is 5.32 Å². The van der Waals surface area contributed by atoms with Crippen molar-refractivity contribution in [1.82, 2.24) is 0 Å². The molecule has 0 spiro atoms. The predicted molar refractivity (Wildman–Crippen MR) is 63.9 cm³/mol. The van der Waals surface area contributed by atoms with E-state index in [0.29, 0.717) is 11.3 Å². The van der Waals surface area contributed by atoms with Crippen LogP contribution < -0.4 is 5.32 Å². The lowest BCUT2D eigenvalue weighted by atomic mass is 10.1. The Bertz CT molecular complexity index is 418. The van der Waals surface area contributed by atoms with Gasteiger partial charge in [0, 0.05) is 23.1 Å². The van der Waals surface area contributed by atoms with E-state index in [1.807, 2.05) is 12.3 Å². The maximum absolute atomic E-state index is 11.0. The summed E-state index contributed by atoms with van der Waals surface area (Å²) < 4.78 is 0. The van der Waals surface area contributed by atoms with Crippen molar-refractivity contribution >= 4 is 29.3 Å². The Balaban J connectivity index is 3.14. The average molecular weight is 239 g/mol. The lowest BCUT2D eigenvalue weighted by Crippen LogP contribution is -2.11. The lowest BCUT2D eigenvalue weighted by Gasteiger charge is -2.11. The van der Waals surface area contributed by atoms with Gasteiger partial charge < -0.3 is 10.4 Å². The second-order valence-corrected chi connectivity index (χ2v) is 4.09. The summed E-state index contributed by atoms with van der Waals surface area (Å²) in [5.74, 6) is -1.11. The summed E-state index contributed by atoms with van der Waals surface area (Å²) in [6, 6.07) is 5.34. The van der Waals surface area contributed by atoms with E-state index in [-0.39, 0.29) is 12.3 Å². The molecule has 16 heavy (non-hydrogen) atoms. The van der Waals surface area contributed by atoms with Crippen LogP contribution in [-0.2, 0) is 16.0 Å². The van der Waals surface area contributed by atoms with Crippen molar-refractivity contribution in [2.24, 2.45) is 0 Å². The Labute approximate surface area is 98.0 Å². The van der Waals surface area contributed by atoms with Gasteiger partial charge in [0.15, 0.2) is 0 Å². The molecule has 0 bridgehead atoms. The highest BCUT2D eigenvalue weighted by Gasteiger charge is 2.12. The number of hydrogen-bond donors (Lipinski definition) is 2. The normalized spacial score (nSPS) is 9.88. The van der Waals surface area contributed by atoms with E-state index in [4.69, 9.17) is 5.11 Å². The van der Waals surface area contributed by atoms with Crippen LogP contribution in [0.25, 0.3) is 0 Å². The zero-order valence-electron chi connectivity index (χ0n) is 9.11. The molecule has 0 radical (unpaired) electrons. The molecule has 0 saturated carbocycles. The highest BCUT2D eigenvalue weighted by atomic mass is 32.2. The number of carbonyl (C=O) groups excluding carboxylic acids is 1. The maximum atomic E-state index is 11.0. The monoisotopic (exact) mass is 239 g/mol. The van der Waals surface area contributed by atoms with Crippen molar-refractivity contribution in [2.45, 2.75) is 18.2 Å². The van der Waals surface area contributed by atoms with Gasteiger partial charge in [-0.1, -0.05) is 6.07 Å². The summed E-state index contributed by atoms with van der Waals surface area (Å²) in [5.41, 5.74) is 1.22. The fraction of sp³-hybridized carbons (Fsp3) is 0.273. The summed E-state index contributed by atoms with van der Waals surface area (Å²) in [6.07, 6.45) is 1.78. The fourth-order valence-electron chi connectivity index (χ4n) is 1.40. The van der Waals surface area contributed by atoms with Gasteiger partial charge in [-0.15, -0.1) is 11.8 Å². The van der Waals surface area contributed by atoms with Crippen molar-refractivity contribution < 1.29 is 14.7 Å². The van der Waals surface area contributed by atoms with Crippen molar-refractivity contribution in [3.8, 4) is 0 Å². The van der Waals surface area contributed by atoms with E-state index >= 15 is 0 Å². The number of carboxylic acid groups (broad SMARTS) is 1. The zero-order chi connectivity index (χ0) is 12.1. The second-order valence-electron chi connectivity index (χ2n) is 3.24. The SMILES string of the molecule is CSc1cccc(NC(C)=O)c1CC(=O)O. The molecular weight excluding hydrogens is 226 g/mol. The van der Waals surface area contributed by atoms with Crippen LogP contribution in [0, 0.1) is 0 Å². The van der Waals surface area contributed by atoms with Crippen LogP contribution in [0.2, 0.25) is 0 Å². The van der Waals surface area contributed by atoms with Gasteiger partial charge in [-0.25, -0.2) is 0 Å². The first-order valence-electron chi connectivity index (χ1n) is 4.70. The highest BCUT2D eigenvalue weighted by Crippen LogP contribution is 2.27. The van der Waals surface area contributed by atoms with Crippen molar-refractivity contribution in [3.63, 3.8) is 0 Å². The smallest absolute Gasteiger partial charge is 0.307 e. The standard InChI is InChI=1S/C11H13NO3S/c1-7(13)12-9-4-3-5-10(16-2)8(9)6-11(14)15/h3-5H,6H2,1-2H3,(H,12,13)(H,14,15). The number of hydrogen-bond acceptors (Lipinski definition) is 3. The Morgan fingerprint density at radius 1 is 1.44 bits per heavy atom. The first kappa shape index (κ1) is 12.6. The molecule has 0 fully saturated rings. The van der Waals surface area contributed by atoms with Gasteiger partial charge in [0.2, 0.25) is 5.91 Å². The topological polar surface area (TPSA) is 66.4 Å². The molecule has 0 saturated heterocycles. The summed E-state index contributed by atoms with van der Waals surface area (Å²) in [5, 5.41) is 11.5. The van der Waals surface area contributed by atoms with Gasteiger partial charge in [-0.2, -0.15) is 0 Å². The average Bonchev–Trinajstić information content (AvgIpc) is 2.19. The quantitative estimate of drug-likeness (QED) is 0.789. The second kappa shape index (κ2) is 5.55. The van der Waals surface area contributed by atoms with Gasteiger partial charge >= 0.3 is 5.97 Å². The molecule has 5 heteroatoms. The number of rotatable bonds is 4. The number of aliphatic carboxylic acids is 1. The summed E-state index contributed by atoms with van der Waals surface area (Å²) in [6.45, 7) is 1.40. The third kappa shape index (κ3) is 3.27. The number of carboxylic acids is 1. The van der Waals surface area contributed by atoms with E-state index in [1.165, 1.54) is 18.7 Å². The van der Waals surface area contributed by atoms with Crippen molar-refractivity contribution in [2.75, 3.05) is 11.6 Å². The molecule has 0 aliphatic carbocycles. The predicted octanol–water partition coefficient (Wildman–Crippen LogP) is 1.99. The molecule has 0 heterocycles. The fourth-order valence-corrected chi connectivity index (χ4v) is 2.04. The van der Waals surface area contributed by atoms with Crippen LogP contribution >= 0.6 is 11.8 Å². The Hall–Kier alpha value is -1.49. The molecule has 4 nitrogen and oxygen atoms in total. The minimum Gasteiger partial charge on any atom is -0.481 e. The van der Waals surface area contributed by atoms with E-state index < -0.39 is 5.97 Å². The molecular formula is C11H13NO3S. The first-order chi connectivity index (χ1) is 7.54. The molecule has 86 valence electrons. The lowest BCUT2D eigenvalue weighted by molar-refractivity contribution is -0.136. The molecule has 2 N–H and O–H groups in total. The number of thioether (sulfide) groups is 1. The van der Waals surface area contributed by atoms with Crippen LogP contribution in [0.3, 0.4) is 0 Å². The van der Waals surface area contributed by atoms with Gasteiger partial charge in [0.1, 0.15) is 0 Å². The molecule has 1 aromatic rings. The van der Waals surface area contributed by atoms with Gasteiger partial charge in [0.25, 0.3) is 0 Å². The number of anilines is 1. The Morgan fingerprint density at radius 2 is 2.12 bits per heavy atom. The minimum absolute atomic E-state index is 0.0906. The van der Waals surface area contributed by atoms with Gasteiger partial charge in [0.05, 0.1) is 6.42 Å². The Morgan fingerprint density at radius 3 is 2.62 bits per heavy atom. The molecule has 0 unspecified atom stereocenters. The van der Waals surface area contributed by atoms with Crippen LogP contribution in [0.5, 0.6) is 0 Å². The molecule has 0 atom stereocenters. The van der Waals surface area contributed by atoms with E-state index in [1.54, 1.807) is 12.1 Å². The van der Waals surface area contributed by atoms with Crippen LogP contribution in [0.15, 0.2) is 23.1 Å². The molecule has 1 amide bonds. The largest absolute Gasteiger partial charge is 0.481 e. The first-order valence-corrected chi connectivity index (χ1v) is 5.92. The van der Waals surface area contributed by atoms with Crippen molar-refractivity contribution in [1.29, 1.82) is 0 Å². The highest BCUT2D eigenvalue weighted by molar-refractivity contribution is 7.98. The van der Waals surface area contributed by atoms with E-state index in [9.17, 15) is 9.59 Å². The minimum atomic E-state index is -0.909. The molecule has 0 aliphatic heterocycles. The molecule has 0 aromatic heterocycles. The van der Waals surface area contributed by atoms with Crippen LogP contribution in [0.1, 0.15) is 12.5 Å². The van der Waals surface area contributed by atoms with Crippen LogP contribution in [0.4, 0.5) is 5.69 Å². The van der Waals surface area contributed by atoms with Gasteiger partial charge in [-0.05, 0) is 18.4 Å². The zero-order valence-corrected chi connectivity index (χ0v) is 9.93. The third-order valence-corrected chi connectivity index (χ3v) is 2.81. The summed E-state index contributed by atoms with van der Waals surface area (Å²) in [4.78, 5) is 22.6. The van der Waals surface area contributed by atoms with E-state index in [0.717, 1.165) is 4.90 Å².